The molecule has 0 aliphatic rings. The van der Waals surface area contributed by atoms with Gasteiger partial charge in [0.15, 0.2) is 0 Å². The third-order valence-corrected chi connectivity index (χ3v) is 2.55. The van der Waals surface area contributed by atoms with Gasteiger partial charge in [-0.3, -0.25) is 9.89 Å². The van der Waals surface area contributed by atoms with E-state index in [1.807, 2.05) is 12.1 Å². The highest BCUT2D eigenvalue weighted by atomic mass is 35.5. The van der Waals surface area contributed by atoms with Crippen LogP contribution in [0.15, 0.2) is 30.5 Å². The average Bonchev–Trinajstić information content (AvgIpc) is 2.77. The number of rotatable bonds is 4. The number of nitrogens with one attached hydrogen (secondary N) is 2. The van der Waals surface area contributed by atoms with Crippen molar-refractivity contribution in [2.75, 3.05) is 19.0 Å². The normalized spacial score (nSPS) is 10.3. The van der Waals surface area contributed by atoms with Crippen molar-refractivity contribution < 1.29 is 9.53 Å². The Hall–Kier alpha value is -1.85. The third-order valence-electron chi connectivity index (χ3n) is 2.31. The lowest BCUT2D eigenvalue weighted by atomic mass is 10.1. The zero-order chi connectivity index (χ0) is 13.0. The summed E-state index contributed by atoms with van der Waals surface area (Å²) >= 11 is 5.93. The molecule has 6 heteroatoms. The second kappa shape index (κ2) is 5.66. The predicted octanol–water partition coefficient (Wildman–Crippen LogP) is 2.31. The summed E-state index contributed by atoms with van der Waals surface area (Å²) in [6, 6.07) is 7.32. The van der Waals surface area contributed by atoms with Crippen molar-refractivity contribution in [2.24, 2.45) is 0 Å². The number of benzene rings is 1. The maximum absolute atomic E-state index is 11.5. The predicted molar refractivity (Wildman–Crippen MR) is 69.5 cm³/mol. The first-order valence-electron chi connectivity index (χ1n) is 5.29. The lowest BCUT2D eigenvalue weighted by Crippen LogP contribution is -2.17. The number of hydrogen-bond donors (Lipinski definition) is 2. The Bertz CT molecular complexity index is 554. The molecule has 0 bridgehead atoms. The van der Waals surface area contributed by atoms with E-state index in [9.17, 15) is 4.79 Å². The molecule has 2 aromatic rings. The molecule has 0 spiro atoms. The lowest BCUT2D eigenvalue weighted by molar-refractivity contribution is -0.119. The molecular formula is C12H12ClN3O2. The highest BCUT2D eigenvalue weighted by Crippen LogP contribution is 2.27. The van der Waals surface area contributed by atoms with Crippen LogP contribution >= 0.6 is 11.6 Å². The SMILES string of the molecule is COCC(=O)Nc1[nH]ncc1-c1cccc(Cl)c1. The zero-order valence-electron chi connectivity index (χ0n) is 9.74. The van der Waals surface area contributed by atoms with E-state index >= 15 is 0 Å². The Morgan fingerprint density at radius 3 is 3.11 bits per heavy atom. The number of carbonyl (C=O) groups excluding carboxylic acids is 1. The molecule has 1 amide bonds. The molecule has 2 rings (SSSR count). The molecule has 0 unspecified atom stereocenters. The summed E-state index contributed by atoms with van der Waals surface area (Å²) in [5.41, 5.74) is 1.66. The van der Waals surface area contributed by atoms with Gasteiger partial charge in [0.05, 0.1) is 6.20 Å². The fraction of sp³-hybridized carbons (Fsp3) is 0.167. The minimum absolute atomic E-state index is 0.00595. The standard InChI is InChI=1S/C12H12ClN3O2/c1-18-7-11(17)15-12-10(6-14-16-12)8-3-2-4-9(13)5-8/h2-6H,7H2,1H3,(H2,14,15,16,17). The average molecular weight is 266 g/mol. The summed E-state index contributed by atoms with van der Waals surface area (Å²) in [4.78, 5) is 11.5. The van der Waals surface area contributed by atoms with Gasteiger partial charge in [0, 0.05) is 17.7 Å². The van der Waals surface area contributed by atoms with Gasteiger partial charge in [-0.25, -0.2) is 0 Å². The maximum Gasteiger partial charge on any atom is 0.251 e. The molecule has 5 nitrogen and oxygen atoms in total. The Kier molecular flexibility index (Phi) is 3.96. The molecule has 2 N–H and O–H groups in total. The van der Waals surface area contributed by atoms with Crippen molar-refractivity contribution >= 4 is 23.3 Å². The van der Waals surface area contributed by atoms with Crippen molar-refractivity contribution in [2.45, 2.75) is 0 Å². The number of nitrogens with zero attached hydrogens (tertiary/aromatic N) is 1. The van der Waals surface area contributed by atoms with Crippen LogP contribution in [0.2, 0.25) is 5.02 Å². The van der Waals surface area contributed by atoms with Crippen LogP contribution in [0.3, 0.4) is 0 Å². The molecule has 0 aliphatic heterocycles. The van der Waals surface area contributed by atoms with E-state index in [0.717, 1.165) is 11.1 Å². The number of methoxy groups -OCH3 is 1. The molecule has 0 aliphatic carbocycles. The first-order valence-corrected chi connectivity index (χ1v) is 5.66. The number of anilines is 1. The monoisotopic (exact) mass is 265 g/mol. The molecule has 0 saturated carbocycles. The van der Waals surface area contributed by atoms with Crippen molar-refractivity contribution in [3.05, 3.63) is 35.5 Å². The highest BCUT2D eigenvalue weighted by molar-refractivity contribution is 6.30. The fourth-order valence-electron chi connectivity index (χ4n) is 1.56. The number of carbonyl (C=O) groups is 1. The van der Waals surface area contributed by atoms with Crippen LogP contribution in [-0.4, -0.2) is 29.8 Å². The van der Waals surface area contributed by atoms with Crippen LogP contribution < -0.4 is 5.32 Å². The highest BCUT2D eigenvalue weighted by Gasteiger charge is 2.10. The summed E-state index contributed by atoms with van der Waals surface area (Å²) in [7, 11) is 1.46. The fourth-order valence-corrected chi connectivity index (χ4v) is 1.75. The molecule has 1 aromatic carbocycles. The van der Waals surface area contributed by atoms with Crippen molar-refractivity contribution in [3.8, 4) is 11.1 Å². The van der Waals surface area contributed by atoms with Gasteiger partial charge in [0.1, 0.15) is 12.4 Å². The topological polar surface area (TPSA) is 67.0 Å². The van der Waals surface area contributed by atoms with Gasteiger partial charge in [-0.05, 0) is 17.7 Å². The first-order chi connectivity index (χ1) is 8.70. The quantitative estimate of drug-likeness (QED) is 0.891. The van der Waals surface area contributed by atoms with Crippen LogP contribution in [-0.2, 0) is 9.53 Å². The van der Waals surface area contributed by atoms with Crippen molar-refractivity contribution in [1.29, 1.82) is 0 Å². The number of hydrogen-bond acceptors (Lipinski definition) is 3. The lowest BCUT2D eigenvalue weighted by Gasteiger charge is -2.05. The Balaban J connectivity index is 2.25. The maximum atomic E-state index is 11.5. The molecular weight excluding hydrogens is 254 g/mol. The van der Waals surface area contributed by atoms with E-state index in [1.165, 1.54) is 7.11 Å². The Labute approximate surface area is 109 Å². The number of ether oxygens (including phenoxy) is 1. The summed E-state index contributed by atoms with van der Waals surface area (Å²) in [5.74, 6) is 0.282. The van der Waals surface area contributed by atoms with Gasteiger partial charge in [0.2, 0.25) is 0 Å². The molecule has 18 heavy (non-hydrogen) atoms. The second-order valence-electron chi connectivity index (χ2n) is 3.65. The van der Waals surface area contributed by atoms with Gasteiger partial charge < -0.3 is 10.1 Å². The van der Waals surface area contributed by atoms with Crippen LogP contribution in [0.25, 0.3) is 11.1 Å². The van der Waals surface area contributed by atoms with Crippen LogP contribution in [0.4, 0.5) is 5.82 Å². The number of aromatic amines is 1. The number of H-pyrrole nitrogens is 1. The largest absolute Gasteiger partial charge is 0.375 e. The van der Waals surface area contributed by atoms with E-state index in [-0.39, 0.29) is 12.5 Å². The van der Waals surface area contributed by atoms with Crippen LogP contribution in [0.1, 0.15) is 0 Å². The minimum atomic E-state index is -0.245. The summed E-state index contributed by atoms with van der Waals surface area (Å²) in [6.07, 6.45) is 1.63. The molecule has 0 saturated heterocycles. The summed E-state index contributed by atoms with van der Waals surface area (Å²) in [6.45, 7) is -0.00595. The summed E-state index contributed by atoms with van der Waals surface area (Å²) < 4.78 is 4.75. The van der Waals surface area contributed by atoms with E-state index in [2.05, 4.69) is 15.5 Å². The van der Waals surface area contributed by atoms with Gasteiger partial charge >= 0.3 is 0 Å². The van der Waals surface area contributed by atoms with Gasteiger partial charge in [0.25, 0.3) is 5.91 Å². The van der Waals surface area contributed by atoms with Crippen LogP contribution in [0.5, 0.6) is 0 Å². The minimum Gasteiger partial charge on any atom is -0.375 e. The molecule has 94 valence electrons. The molecule has 1 aromatic heterocycles. The van der Waals surface area contributed by atoms with Crippen LogP contribution in [0, 0.1) is 0 Å². The zero-order valence-corrected chi connectivity index (χ0v) is 10.5. The van der Waals surface area contributed by atoms with Gasteiger partial charge in [-0.2, -0.15) is 5.10 Å². The molecule has 0 atom stereocenters. The van der Waals surface area contributed by atoms with E-state index in [4.69, 9.17) is 16.3 Å². The second-order valence-corrected chi connectivity index (χ2v) is 4.09. The van der Waals surface area contributed by atoms with E-state index < -0.39 is 0 Å². The van der Waals surface area contributed by atoms with Gasteiger partial charge in [-0.15, -0.1) is 0 Å². The smallest absolute Gasteiger partial charge is 0.251 e. The Morgan fingerprint density at radius 2 is 2.39 bits per heavy atom. The third kappa shape index (κ3) is 2.88. The van der Waals surface area contributed by atoms with Gasteiger partial charge in [-0.1, -0.05) is 23.7 Å². The summed E-state index contributed by atoms with van der Waals surface area (Å²) in [5, 5.41) is 9.96. The molecule has 0 fully saturated rings. The van der Waals surface area contributed by atoms with Crippen molar-refractivity contribution in [3.63, 3.8) is 0 Å². The molecule has 1 heterocycles. The van der Waals surface area contributed by atoms with E-state index in [0.29, 0.717) is 10.8 Å². The van der Waals surface area contributed by atoms with Crippen molar-refractivity contribution in [1.82, 2.24) is 10.2 Å². The number of halogens is 1. The molecule has 0 radical (unpaired) electrons. The first kappa shape index (κ1) is 12.6. The number of amides is 1. The van der Waals surface area contributed by atoms with E-state index in [1.54, 1.807) is 18.3 Å². The Morgan fingerprint density at radius 1 is 1.56 bits per heavy atom. The number of aromatic nitrogens is 2.